The van der Waals surface area contributed by atoms with Crippen LogP contribution in [0.3, 0.4) is 0 Å². The molecule has 1 aromatic rings. The van der Waals surface area contributed by atoms with Gasteiger partial charge in [-0.05, 0) is 50.5 Å². The zero-order chi connectivity index (χ0) is 15.3. The van der Waals surface area contributed by atoms with Gasteiger partial charge < -0.3 is 14.8 Å². The zero-order valence-corrected chi connectivity index (χ0v) is 12.9. The lowest BCUT2D eigenvalue weighted by molar-refractivity contribution is -0.0708. The highest BCUT2D eigenvalue weighted by Gasteiger charge is 2.31. The first-order valence-corrected chi connectivity index (χ1v) is 7.40. The van der Waals surface area contributed by atoms with Crippen LogP contribution in [0.1, 0.15) is 33.1 Å². The number of ether oxygens (including phenoxy) is 2. The molecule has 1 aliphatic heterocycles. The second kappa shape index (κ2) is 6.80. The highest BCUT2D eigenvalue weighted by Crippen LogP contribution is 2.29. The van der Waals surface area contributed by atoms with Crippen molar-refractivity contribution in [2.45, 2.75) is 44.8 Å². The van der Waals surface area contributed by atoms with E-state index in [2.05, 4.69) is 29.2 Å². The fraction of sp³-hybridized carbons (Fsp3) is 0.562. The van der Waals surface area contributed by atoms with Gasteiger partial charge in [-0.25, -0.2) is 4.79 Å². The summed E-state index contributed by atoms with van der Waals surface area (Å²) >= 11 is 0. The number of methoxy groups -OCH3 is 1. The van der Waals surface area contributed by atoms with Crippen molar-refractivity contribution >= 4 is 17.5 Å². The van der Waals surface area contributed by atoms with Gasteiger partial charge in [0.2, 0.25) is 0 Å². The lowest BCUT2D eigenvalue weighted by Crippen LogP contribution is -2.41. The number of anilines is 2. The number of carbonyl (C=O) groups excluding carboxylic acids is 1. The number of rotatable bonds is 4. The molecule has 1 amide bonds. The Bertz CT molecular complexity index is 475. The molecule has 21 heavy (non-hydrogen) atoms. The first-order valence-electron chi connectivity index (χ1n) is 7.40. The van der Waals surface area contributed by atoms with Gasteiger partial charge in [0.1, 0.15) is 0 Å². The molecule has 2 N–H and O–H groups in total. The zero-order valence-electron chi connectivity index (χ0n) is 12.9. The van der Waals surface area contributed by atoms with Gasteiger partial charge in [-0.3, -0.25) is 5.32 Å². The largest absolute Gasteiger partial charge is 0.453 e. The van der Waals surface area contributed by atoms with Crippen LogP contribution < -0.4 is 10.6 Å². The summed E-state index contributed by atoms with van der Waals surface area (Å²) in [6.07, 6.45) is 2.58. The van der Waals surface area contributed by atoms with Gasteiger partial charge in [-0.15, -0.1) is 0 Å². The van der Waals surface area contributed by atoms with Gasteiger partial charge in [0.15, 0.2) is 0 Å². The summed E-state index contributed by atoms with van der Waals surface area (Å²) in [5.74, 6) is 0. The van der Waals surface area contributed by atoms with Crippen molar-refractivity contribution in [3.63, 3.8) is 0 Å². The van der Waals surface area contributed by atoms with E-state index in [0.717, 1.165) is 37.2 Å². The maximum Gasteiger partial charge on any atom is 0.411 e. The maximum atomic E-state index is 11.1. The molecule has 1 fully saturated rings. The van der Waals surface area contributed by atoms with Crippen LogP contribution in [0.25, 0.3) is 0 Å². The molecular formula is C16H24N2O3. The van der Waals surface area contributed by atoms with Gasteiger partial charge in [-0.2, -0.15) is 0 Å². The third kappa shape index (κ3) is 4.36. The lowest BCUT2D eigenvalue weighted by Gasteiger charge is -2.38. The third-order valence-corrected chi connectivity index (χ3v) is 4.03. The van der Waals surface area contributed by atoms with E-state index in [0.29, 0.717) is 6.04 Å². The van der Waals surface area contributed by atoms with Crippen molar-refractivity contribution < 1.29 is 14.3 Å². The third-order valence-electron chi connectivity index (χ3n) is 4.03. The highest BCUT2D eigenvalue weighted by atomic mass is 16.5. The van der Waals surface area contributed by atoms with E-state index < -0.39 is 6.09 Å². The first kappa shape index (κ1) is 15.6. The first-order chi connectivity index (χ1) is 10.0. The Balaban J connectivity index is 1.92. The van der Waals surface area contributed by atoms with Crippen molar-refractivity contribution in [2.24, 2.45) is 0 Å². The normalized spacial score (nSPS) is 25.2. The quantitative estimate of drug-likeness (QED) is 0.889. The average molecular weight is 292 g/mol. The number of nitrogens with one attached hydrogen (secondary N) is 2. The molecule has 0 aliphatic carbocycles. The van der Waals surface area contributed by atoms with E-state index in [9.17, 15) is 4.79 Å². The Labute approximate surface area is 126 Å². The van der Waals surface area contributed by atoms with E-state index in [4.69, 9.17) is 4.74 Å². The fourth-order valence-corrected chi connectivity index (χ4v) is 2.55. The number of hydrogen-bond donors (Lipinski definition) is 2. The van der Waals surface area contributed by atoms with E-state index in [1.54, 1.807) is 0 Å². The standard InChI is InChI=1S/C16H24N2O3/c1-4-16(2)11-14(9-10-21-16)17-12-5-7-13(8-6-12)18-15(19)20-3/h5-8,14,17H,4,9-11H2,1-3H3,(H,18,19). The predicted octanol–water partition coefficient (Wildman–Crippen LogP) is 3.62. The lowest BCUT2D eigenvalue weighted by atomic mass is 9.90. The van der Waals surface area contributed by atoms with Gasteiger partial charge in [0.25, 0.3) is 0 Å². The second-order valence-electron chi connectivity index (χ2n) is 5.68. The predicted molar refractivity (Wildman–Crippen MR) is 83.8 cm³/mol. The Morgan fingerprint density at radius 1 is 1.38 bits per heavy atom. The SMILES string of the molecule is CCC1(C)CC(Nc2ccc(NC(=O)OC)cc2)CCO1. The summed E-state index contributed by atoms with van der Waals surface area (Å²) in [6.45, 7) is 5.13. The van der Waals surface area contributed by atoms with Crippen molar-refractivity contribution in [2.75, 3.05) is 24.4 Å². The van der Waals surface area contributed by atoms with Gasteiger partial charge in [0.05, 0.1) is 12.7 Å². The van der Waals surface area contributed by atoms with Gasteiger partial charge in [-0.1, -0.05) is 6.92 Å². The highest BCUT2D eigenvalue weighted by molar-refractivity contribution is 5.84. The van der Waals surface area contributed by atoms with E-state index >= 15 is 0 Å². The summed E-state index contributed by atoms with van der Waals surface area (Å²) in [5.41, 5.74) is 1.75. The monoisotopic (exact) mass is 292 g/mol. The molecule has 0 spiro atoms. The summed E-state index contributed by atoms with van der Waals surface area (Å²) in [6, 6.07) is 8.06. The van der Waals surface area contributed by atoms with Crippen molar-refractivity contribution in [3.8, 4) is 0 Å². The average Bonchev–Trinajstić information content (AvgIpc) is 2.49. The minimum Gasteiger partial charge on any atom is -0.453 e. The maximum absolute atomic E-state index is 11.1. The van der Waals surface area contributed by atoms with Crippen LogP contribution in [-0.4, -0.2) is 31.5 Å². The second-order valence-corrected chi connectivity index (χ2v) is 5.68. The van der Waals surface area contributed by atoms with Crippen molar-refractivity contribution in [1.82, 2.24) is 0 Å². The minimum atomic E-state index is -0.459. The van der Waals surface area contributed by atoms with Crippen LogP contribution in [0.2, 0.25) is 0 Å². The molecule has 1 heterocycles. The number of benzene rings is 1. The Morgan fingerprint density at radius 2 is 2.05 bits per heavy atom. The molecule has 1 aromatic carbocycles. The van der Waals surface area contributed by atoms with Crippen LogP contribution >= 0.6 is 0 Å². The molecule has 0 bridgehead atoms. The molecular weight excluding hydrogens is 268 g/mol. The molecule has 1 saturated heterocycles. The molecule has 0 saturated carbocycles. The molecule has 5 heteroatoms. The van der Waals surface area contributed by atoms with Crippen LogP contribution in [0.5, 0.6) is 0 Å². The number of hydrogen-bond acceptors (Lipinski definition) is 4. The topological polar surface area (TPSA) is 59.6 Å². The smallest absolute Gasteiger partial charge is 0.411 e. The van der Waals surface area contributed by atoms with E-state index in [1.807, 2.05) is 24.3 Å². The molecule has 2 rings (SSSR count). The number of carbonyl (C=O) groups is 1. The number of amides is 1. The van der Waals surface area contributed by atoms with E-state index in [1.165, 1.54) is 7.11 Å². The van der Waals surface area contributed by atoms with Crippen LogP contribution in [0.4, 0.5) is 16.2 Å². The van der Waals surface area contributed by atoms with Crippen LogP contribution in [-0.2, 0) is 9.47 Å². The van der Waals surface area contributed by atoms with Crippen molar-refractivity contribution in [3.05, 3.63) is 24.3 Å². The van der Waals surface area contributed by atoms with Crippen LogP contribution in [0.15, 0.2) is 24.3 Å². The molecule has 2 unspecified atom stereocenters. The minimum absolute atomic E-state index is 0.0255. The van der Waals surface area contributed by atoms with Gasteiger partial charge >= 0.3 is 6.09 Å². The summed E-state index contributed by atoms with van der Waals surface area (Å²) in [4.78, 5) is 11.1. The van der Waals surface area contributed by atoms with E-state index in [-0.39, 0.29) is 5.60 Å². The molecule has 116 valence electrons. The van der Waals surface area contributed by atoms with Crippen LogP contribution in [0, 0.1) is 0 Å². The summed E-state index contributed by atoms with van der Waals surface area (Å²) in [5, 5.41) is 6.18. The molecule has 5 nitrogen and oxygen atoms in total. The Hall–Kier alpha value is -1.75. The molecule has 0 aromatic heterocycles. The summed E-state index contributed by atoms with van der Waals surface area (Å²) < 4.78 is 10.4. The molecule has 0 radical (unpaired) electrons. The molecule has 1 aliphatic rings. The van der Waals surface area contributed by atoms with Crippen molar-refractivity contribution in [1.29, 1.82) is 0 Å². The fourth-order valence-electron chi connectivity index (χ4n) is 2.55. The summed E-state index contributed by atoms with van der Waals surface area (Å²) in [7, 11) is 1.35. The Kier molecular flexibility index (Phi) is 5.07. The Morgan fingerprint density at radius 3 is 2.67 bits per heavy atom. The molecule has 2 atom stereocenters. The van der Waals surface area contributed by atoms with Gasteiger partial charge in [0, 0.05) is 24.0 Å².